The van der Waals surface area contributed by atoms with Crippen LogP contribution in [-0.4, -0.2) is 32.2 Å². The molecule has 0 aromatic heterocycles. The van der Waals surface area contributed by atoms with Gasteiger partial charge in [-0.3, -0.25) is 4.79 Å². The van der Waals surface area contributed by atoms with E-state index in [9.17, 15) is 4.79 Å². The van der Waals surface area contributed by atoms with Crippen LogP contribution in [0.5, 0.6) is 0 Å². The van der Waals surface area contributed by atoms with Crippen molar-refractivity contribution >= 4 is 29.1 Å². The zero-order valence-electron chi connectivity index (χ0n) is 11.0. The summed E-state index contributed by atoms with van der Waals surface area (Å²) in [5.41, 5.74) is 0.866. The third kappa shape index (κ3) is 5.37. The molecule has 1 rings (SSSR count). The zero-order chi connectivity index (χ0) is 14.3. The molecule has 19 heavy (non-hydrogen) atoms. The van der Waals surface area contributed by atoms with Gasteiger partial charge in [0.05, 0.1) is 22.7 Å². The van der Waals surface area contributed by atoms with Crippen molar-refractivity contribution in [1.29, 1.82) is 0 Å². The van der Waals surface area contributed by atoms with Crippen molar-refractivity contribution in [3.05, 3.63) is 33.8 Å². The Kier molecular flexibility index (Phi) is 7.16. The van der Waals surface area contributed by atoms with Gasteiger partial charge in [-0.05, 0) is 18.6 Å². The summed E-state index contributed by atoms with van der Waals surface area (Å²) in [6.07, 6.45) is 0. The lowest BCUT2D eigenvalue weighted by atomic mass is 10.2. The molecule has 6 heteroatoms. The highest BCUT2D eigenvalue weighted by Gasteiger charge is 2.12. The molecular formula is C13H18Cl2N2O2. The lowest BCUT2D eigenvalue weighted by Gasteiger charge is -2.14. The summed E-state index contributed by atoms with van der Waals surface area (Å²) in [4.78, 5) is 11.7. The van der Waals surface area contributed by atoms with E-state index in [1.165, 1.54) is 0 Å². The SMILES string of the molecule is COCCNC(=O)C(C)NCc1cccc(Cl)c1Cl. The Balaban J connectivity index is 2.43. The smallest absolute Gasteiger partial charge is 0.236 e. The van der Waals surface area contributed by atoms with Gasteiger partial charge in [-0.25, -0.2) is 0 Å². The van der Waals surface area contributed by atoms with E-state index >= 15 is 0 Å². The van der Waals surface area contributed by atoms with Gasteiger partial charge in [0.2, 0.25) is 5.91 Å². The van der Waals surface area contributed by atoms with Gasteiger partial charge in [-0.1, -0.05) is 35.3 Å². The largest absolute Gasteiger partial charge is 0.383 e. The van der Waals surface area contributed by atoms with Gasteiger partial charge in [0.1, 0.15) is 0 Å². The zero-order valence-corrected chi connectivity index (χ0v) is 12.5. The fraction of sp³-hybridized carbons (Fsp3) is 0.462. The van der Waals surface area contributed by atoms with E-state index in [4.69, 9.17) is 27.9 Å². The second-order valence-electron chi connectivity index (χ2n) is 4.10. The molecule has 4 nitrogen and oxygen atoms in total. The molecule has 0 radical (unpaired) electrons. The quantitative estimate of drug-likeness (QED) is 0.760. The Hall–Kier alpha value is -0.810. The molecule has 0 aliphatic carbocycles. The van der Waals surface area contributed by atoms with Crippen molar-refractivity contribution in [1.82, 2.24) is 10.6 Å². The average molecular weight is 305 g/mol. The van der Waals surface area contributed by atoms with Crippen molar-refractivity contribution in [2.24, 2.45) is 0 Å². The molecule has 0 aliphatic rings. The number of carbonyl (C=O) groups is 1. The van der Waals surface area contributed by atoms with Crippen molar-refractivity contribution < 1.29 is 9.53 Å². The van der Waals surface area contributed by atoms with Crippen LogP contribution in [0.25, 0.3) is 0 Å². The number of halogens is 2. The van der Waals surface area contributed by atoms with E-state index in [-0.39, 0.29) is 11.9 Å². The van der Waals surface area contributed by atoms with Crippen LogP contribution in [0.4, 0.5) is 0 Å². The Morgan fingerprint density at radius 3 is 2.84 bits per heavy atom. The van der Waals surface area contributed by atoms with Gasteiger partial charge in [-0.15, -0.1) is 0 Å². The summed E-state index contributed by atoms with van der Waals surface area (Å²) >= 11 is 12.0. The molecule has 0 fully saturated rings. The molecular weight excluding hydrogens is 287 g/mol. The van der Waals surface area contributed by atoms with Crippen molar-refractivity contribution in [2.45, 2.75) is 19.5 Å². The molecule has 1 atom stereocenters. The number of hydrogen-bond acceptors (Lipinski definition) is 3. The van der Waals surface area contributed by atoms with Gasteiger partial charge in [-0.2, -0.15) is 0 Å². The summed E-state index contributed by atoms with van der Waals surface area (Å²) in [5.74, 6) is -0.0739. The number of ether oxygens (including phenoxy) is 1. The first kappa shape index (κ1) is 16.2. The highest BCUT2D eigenvalue weighted by atomic mass is 35.5. The molecule has 0 saturated heterocycles. The molecule has 0 spiro atoms. The lowest BCUT2D eigenvalue weighted by molar-refractivity contribution is -0.122. The van der Waals surface area contributed by atoms with Gasteiger partial charge < -0.3 is 15.4 Å². The van der Waals surface area contributed by atoms with Crippen LogP contribution < -0.4 is 10.6 Å². The Labute approximate surface area is 123 Å². The van der Waals surface area contributed by atoms with Crippen LogP contribution in [-0.2, 0) is 16.1 Å². The molecule has 1 amide bonds. The molecule has 0 aliphatic heterocycles. The lowest BCUT2D eigenvalue weighted by Crippen LogP contribution is -2.42. The third-order valence-electron chi connectivity index (χ3n) is 2.63. The Bertz CT molecular complexity index is 427. The van der Waals surface area contributed by atoms with Crippen LogP contribution in [0.3, 0.4) is 0 Å². The first-order valence-corrected chi connectivity index (χ1v) is 6.74. The van der Waals surface area contributed by atoms with Crippen LogP contribution in [0.1, 0.15) is 12.5 Å². The number of benzene rings is 1. The predicted molar refractivity (Wildman–Crippen MR) is 77.6 cm³/mol. The molecule has 0 heterocycles. The average Bonchev–Trinajstić information content (AvgIpc) is 2.40. The van der Waals surface area contributed by atoms with Crippen molar-refractivity contribution in [3.8, 4) is 0 Å². The van der Waals surface area contributed by atoms with E-state index < -0.39 is 0 Å². The van der Waals surface area contributed by atoms with E-state index in [2.05, 4.69) is 10.6 Å². The third-order valence-corrected chi connectivity index (χ3v) is 3.49. The Morgan fingerprint density at radius 2 is 2.16 bits per heavy atom. The fourth-order valence-corrected chi connectivity index (χ4v) is 1.86. The molecule has 0 bridgehead atoms. The van der Waals surface area contributed by atoms with Crippen LogP contribution in [0.2, 0.25) is 10.0 Å². The van der Waals surface area contributed by atoms with Crippen LogP contribution in [0.15, 0.2) is 18.2 Å². The normalized spacial score (nSPS) is 12.2. The molecule has 2 N–H and O–H groups in total. The van der Waals surface area contributed by atoms with E-state index in [0.29, 0.717) is 29.7 Å². The Morgan fingerprint density at radius 1 is 1.42 bits per heavy atom. The summed E-state index contributed by atoms with van der Waals surface area (Å²) in [5, 5.41) is 6.89. The molecule has 106 valence electrons. The first-order chi connectivity index (χ1) is 9.06. The summed E-state index contributed by atoms with van der Waals surface area (Å²) in [7, 11) is 1.59. The molecule has 1 aromatic carbocycles. The molecule has 1 aromatic rings. The fourth-order valence-electron chi connectivity index (χ4n) is 1.47. The minimum atomic E-state index is -0.313. The number of rotatable bonds is 7. The van der Waals surface area contributed by atoms with Crippen LogP contribution >= 0.6 is 23.2 Å². The number of amides is 1. The van der Waals surface area contributed by atoms with Gasteiger partial charge in [0, 0.05) is 20.2 Å². The second-order valence-corrected chi connectivity index (χ2v) is 4.88. The minimum absolute atomic E-state index is 0.0739. The second kappa shape index (κ2) is 8.38. The van der Waals surface area contributed by atoms with Gasteiger partial charge in [0.25, 0.3) is 0 Å². The maximum atomic E-state index is 11.7. The molecule has 1 unspecified atom stereocenters. The number of carbonyl (C=O) groups excluding carboxylic acids is 1. The maximum absolute atomic E-state index is 11.7. The summed E-state index contributed by atoms with van der Waals surface area (Å²) < 4.78 is 4.86. The van der Waals surface area contributed by atoms with Crippen LogP contribution in [0, 0.1) is 0 Å². The molecule has 0 saturated carbocycles. The summed E-state index contributed by atoms with van der Waals surface area (Å²) in [6.45, 7) is 3.27. The van der Waals surface area contributed by atoms with E-state index in [0.717, 1.165) is 5.56 Å². The number of methoxy groups -OCH3 is 1. The van der Waals surface area contributed by atoms with E-state index in [1.54, 1.807) is 20.1 Å². The number of nitrogens with one attached hydrogen (secondary N) is 2. The number of hydrogen-bond donors (Lipinski definition) is 2. The van der Waals surface area contributed by atoms with E-state index in [1.807, 2.05) is 12.1 Å². The standard InChI is InChI=1S/C13H18Cl2N2O2/c1-9(13(18)16-6-7-19-2)17-8-10-4-3-5-11(14)12(10)15/h3-5,9,17H,6-8H2,1-2H3,(H,16,18). The van der Waals surface area contributed by atoms with Crippen molar-refractivity contribution in [2.75, 3.05) is 20.3 Å². The minimum Gasteiger partial charge on any atom is -0.383 e. The summed E-state index contributed by atoms with van der Waals surface area (Å²) in [6, 6.07) is 5.12. The van der Waals surface area contributed by atoms with Gasteiger partial charge >= 0.3 is 0 Å². The maximum Gasteiger partial charge on any atom is 0.236 e. The topological polar surface area (TPSA) is 50.4 Å². The predicted octanol–water partition coefficient (Wildman–Crippen LogP) is 2.23. The monoisotopic (exact) mass is 304 g/mol. The van der Waals surface area contributed by atoms with Gasteiger partial charge in [0.15, 0.2) is 0 Å². The first-order valence-electron chi connectivity index (χ1n) is 5.99. The van der Waals surface area contributed by atoms with Crippen molar-refractivity contribution in [3.63, 3.8) is 0 Å². The highest BCUT2D eigenvalue weighted by molar-refractivity contribution is 6.42. The highest BCUT2D eigenvalue weighted by Crippen LogP contribution is 2.25.